The molecule has 0 spiro atoms. The molecule has 2 rings (SSSR count). The molecule has 4 heteroatoms. The van der Waals surface area contributed by atoms with Gasteiger partial charge in [-0.2, -0.15) is 0 Å². The first-order valence-corrected chi connectivity index (χ1v) is 4.38. The number of rotatable bonds is 2. The number of aromatic hydroxyl groups is 1. The Bertz CT molecular complexity index is 540. The number of carboxylic acid groups (broad SMARTS) is 1. The van der Waals surface area contributed by atoms with Crippen LogP contribution in [0.15, 0.2) is 30.5 Å². The van der Waals surface area contributed by atoms with Crippen molar-refractivity contribution in [2.75, 3.05) is 0 Å². The molecule has 2 aromatic rings. The first-order chi connectivity index (χ1) is 7.18. The van der Waals surface area contributed by atoms with Crippen LogP contribution in [0.1, 0.15) is 5.56 Å². The van der Waals surface area contributed by atoms with Crippen LogP contribution in [-0.4, -0.2) is 21.2 Å². The number of H-pyrrole nitrogens is 1. The fourth-order valence-electron chi connectivity index (χ4n) is 1.46. The molecule has 0 aliphatic rings. The molecule has 3 N–H and O–H groups in total. The fraction of sp³-hybridized carbons (Fsp3) is 0. The van der Waals surface area contributed by atoms with Crippen molar-refractivity contribution in [2.24, 2.45) is 0 Å². The number of fused-ring (bicyclic) bond motifs is 1. The number of benzene rings is 1. The summed E-state index contributed by atoms with van der Waals surface area (Å²) in [7, 11) is 0. The number of carboxylic acids is 1. The number of carbonyl (C=O) groups is 1. The van der Waals surface area contributed by atoms with E-state index in [2.05, 4.69) is 4.98 Å². The molecule has 15 heavy (non-hydrogen) atoms. The molecule has 0 saturated carbocycles. The predicted octanol–water partition coefficient (Wildman–Crippen LogP) is 1.97. The van der Waals surface area contributed by atoms with E-state index in [-0.39, 0.29) is 5.75 Å². The normalized spacial score (nSPS) is 11.2. The summed E-state index contributed by atoms with van der Waals surface area (Å²) in [5.41, 5.74) is 1.35. The zero-order valence-corrected chi connectivity index (χ0v) is 7.77. The number of phenols is 1. The van der Waals surface area contributed by atoms with E-state index in [0.29, 0.717) is 5.52 Å². The van der Waals surface area contributed by atoms with Crippen molar-refractivity contribution in [1.82, 2.24) is 4.98 Å². The average Bonchev–Trinajstić information content (AvgIpc) is 2.59. The Morgan fingerprint density at radius 1 is 1.40 bits per heavy atom. The summed E-state index contributed by atoms with van der Waals surface area (Å²) in [6.07, 6.45) is 4.21. The van der Waals surface area contributed by atoms with Crippen molar-refractivity contribution < 1.29 is 15.0 Å². The van der Waals surface area contributed by atoms with Gasteiger partial charge in [-0.25, -0.2) is 4.79 Å². The van der Waals surface area contributed by atoms with Gasteiger partial charge >= 0.3 is 5.97 Å². The third-order valence-electron chi connectivity index (χ3n) is 2.13. The Kier molecular flexibility index (Phi) is 2.17. The highest BCUT2D eigenvalue weighted by atomic mass is 16.4. The van der Waals surface area contributed by atoms with Gasteiger partial charge in [0.2, 0.25) is 0 Å². The first kappa shape index (κ1) is 9.33. The van der Waals surface area contributed by atoms with E-state index >= 15 is 0 Å². The molecule has 1 aromatic carbocycles. The van der Waals surface area contributed by atoms with Gasteiger partial charge in [0, 0.05) is 23.2 Å². The highest BCUT2D eigenvalue weighted by Crippen LogP contribution is 2.26. The molecular weight excluding hydrogens is 194 g/mol. The third-order valence-corrected chi connectivity index (χ3v) is 2.13. The molecule has 0 saturated heterocycles. The Hall–Kier alpha value is -2.23. The SMILES string of the molecule is O=C(O)/C=C/c1c[nH]c2c(O)cccc12. The van der Waals surface area contributed by atoms with Crippen molar-refractivity contribution in [3.05, 3.63) is 36.0 Å². The second kappa shape index (κ2) is 3.49. The van der Waals surface area contributed by atoms with Crippen molar-refractivity contribution in [2.45, 2.75) is 0 Å². The van der Waals surface area contributed by atoms with Crippen molar-refractivity contribution in [1.29, 1.82) is 0 Å². The summed E-state index contributed by atoms with van der Waals surface area (Å²) in [6.45, 7) is 0. The van der Waals surface area contributed by atoms with Gasteiger partial charge in [0.1, 0.15) is 5.75 Å². The number of hydrogen-bond donors (Lipinski definition) is 3. The van der Waals surface area contributed by atoms with E-state index in [9.17, 15) is 9.90 Å². The summed E-state index contributed by atoms with van der Waals surface area (Å²) < 4.78 is 0. The predicted molar refractivity (Wildman–Crippen MR) is 56.6 cm³/mol. The zero-order valence-electron chi connectivity index (χ0n) is 7.77. The van der Waals surface area contributed by atoms with Crippen molar-refractivity contribution >= 4 is 22.9 Å². The molecule has 1 heterocycles. The number of aliphatic carboxylic acids is 1. The maximum atomic E-state index is 10.4. The van der Waals surface area contributed by atoms with Gasteiger partial charge in [0.25, 0.3) is 0 Å². The number of hydrogen-bond acceptors (Lipinski definition) is 2. The Morgan fingerprint density at radius 2 is 2.20 bits per heavy atom. The third kappa shape index (κ3) is 1.69. The lowest BCUT2D eigenvalue weighted by Crippen LogP contribution is -1.84. The molecule has 0 aliphatic carbocycles. The van der Waals surface area contributed by atoms with Crippen LogP contribution in [0.4, 0.5) is 0 Å². The van der Waals surface area contributed by atoms with Crippen molar-refractivity contribution in [3.63, 3.8) is 0 Å². The van der Waals surface area contributed by atoms with E-state index < -0.39 is 5.97 Å². The first-order valence-electron chi connectivity index (χ1n) is 4.38. The molecule has 0 atom stereocenters. The molecule has 76 valence electrons. The monoisotopic (exact) mass is 203 g/mol. The van der Waals surface area contributed by atoms with Crippen LogP contribution in [0.25, 0.3) is 17.0 Å². The molecule has 0 unspecified atom stereocenters. The maximum absolute atomic E-state index is 10.4. The van der Waals surface area contributed by atoms with Crippen LogP contribution in [0.3, 0.4) is 0 Å². The van der Waals surface area contributed by atoms with Crippen LogP contribution in [0, 0.1) is 0 Å². The second-order valence-corrected chi connectivity index (χ2v) is 3.12. The highest BCUT2D eigenvalue weighted by molar-refractivity contribution is 5.95. The molecule has 0 bridgehead atoms. The summed E-state index contributed by atoms with van der Waals surface area (Å²) in [5, 5.41) is 18.8. The van der Waals surface area contributed by atoms with E-state index in [1.165, 1.54) is 6.08 Å². The van der Waals surface area contributed by atoms with E-state index in [4.69, 9.17) is 5.11 Å². The van der Waals surface area contributed by atoms with Crippen molar-refractivity contribution in [3.8, 4) is 5.75 Å². The second-order valence-electron chi connectivity index (χ2n) is 3.12. The molecule has 1 aromatic heterocycles. The topological polar surface area (TPSA) is 73.3 Å². The molecule has 0 radical (unpaired) electrons. The molecule has 0 fully saturated rings. The summed E-state index contributed by atoms with van der Waals surface area (Å²) in [6, 6.07) is 5.10. The zero-order chi connectivity index (χ0) is 10.8. The summed E-state index contributed by atoms with van der Waals surface area (Å²) in [5.74, 6) is -0.841. The van der Waals surface area contributed by atoms with Gasteiger partial charge in [-0.05, 0) is 12.1 Å². The van der Waals surface area contributed by atoms with Gasteiger partial charge in [0.05, 0.1) is 5.52 Å². The molecule has 4 nitrogen and oxygen atoms in total. The minimum absolute atomic E-state index is 0.155. The number of phenolic OH excluding ortho intramolecular Hbond substituents is 1. The summed E-state index contributed by atoms with van der Waals surface area (Å²) >= 11 is 0. The van der Waals surface area contributed by atoms with Crippen LogP contribution in [0.5, 0.6) is 5.75 Å². The number of aromatic amines is 1. The van der Waals surface area contributed by atoms with Crippen LogP contribution in [-0.2, 0) is 4.79 Å². The number of nitrogens with one attached hydrogen (secondary N) is 1. The van der Waals surface area contributed by atoms with Gasteiger partial charge < -0.3 is 15.2 Å². The molecule has 0 aliphatic heterocycles. The van der Waals surface area contributed by atoms with Crippen LogP contribution in [0.2, 0.25) is 0 Å². The highest BCUT2D eigenvalue weighted by Gasteiger charge is 2.04. The van der Waals surface area contributed by atoms with E-state index in [0.717, 1.165) is 17.0 Å². The quantitative estimate of drug-likeness (QED) is 0.653. The van der Waals surface area contributed by atoms with Gasteiger partial charge in [-0.15, -0.1) is 0 Å². The minimum Gasteiger partial charge on any atom is -0.506 e. The largest absolute Gasteiger partial charge is 0.506 e. The van der Waals surface area contributed by atoms with Gasteiger partial charge in [0.15, 0.2) is 0 Å². The van der Waals surface area contributed by atoms with Crippen LogP contribution < -0.4 is 0 Å². The summed E-state index contributed by atoms with van der Waals surface area (Å²) in [4.78, 5) is 13.2. The number of aromatic nitrogens is 1. The lowest BCUT2D eigenvalue weighted by atomic mass is 10.1. The molecule has 0 amide bonds. The van der Waals surface area contributed by atoms with Gasteiger partial charge in [-0.3, -0.25) is 0 Å². The fourth-order valence-corrected chi connectivity index (χ4v) is 1.46. The minimum atomic E-state index is -0.996. The van der Waals surface area contributed by atoms with E-state index in [1.807, 2.05) is 6.07 Å². The Labute approximate surface area is 85.5 Å². The van der Waals surface area contributed by atoms with E-state index in [1.54, 1.807) is 18.3 Å². The standard InChI is InChI=1S/C11H9NO3/c13-9-3-1-2-8-7(4-5-10(14)15)6-12-11(8)9/h1-6,12-13H,(H,14,15)/b5-4+. The Balaban J connectivity index is 2.54. The lowest BCUT2D eigenvalue weighted by Gasteiger charge is -1.94. The lowest BCUT2D eigenvalue weighted by molar-refractivity contribution is -0.131. The maximum Gasteiger partial charge on any atom is 0.328 e. The Morgan fingerprint density at radius 3 is 2.93 bits per heavy atom. The average molecular weight is 203 g/mol. The van der Waals surface area contributed by atoms with Crippen LogP contribution >= 0.6 is 0 Å². The number of para-hydroxylation sites is 1. The molecular formula is C11H9NO3. The smallest absolute Gasteiger partial charge is 0.328 e. The van der Waals surface area contributed by atoms with Gasteiger partial charge in [-0.1, -0.05) is 12.1 Å².